The maximum absolute atomic E-state index is 11.1. The lowest BCUT2D eigenvalue weighted by molar-refractivity contribution is -0.146. The lowest BCUT2D eigenvalue weighted by atomic mass is 10.1. The van der Waals surface area contributed by atoms with Gasteiger partial charge in [0.1, 0.15) is 5.92 Å². The molecule has 0 aliphatic heterocycles. The van der Waals surface area contributed by atoms with Gasteiger partial charge >= 0.3 is 5.97 Å². The molecule has 0 aromatic carbocycles. The van der Waals surface area contributed by atoms with Crippen molar-refractivity contribution in [2.45, 2.75) is 26.2 Å². The van der Waals surface area contributed by atoms with E-state index in [1.54, 1.807) is 0 Å². The first-order valence-corrected chi connectivity index (χ1v) is 4.61. The van der Waals surface area contributed by atoms with Crippen molar-refractivity contribution in [3.8, 4) is 0 Å². The van der Waals surface area contributed by atoms with Crippen LogP contribution in [0.25, 0.3) is 0 Å². The van der Waals surface area contributed by atoms with Gasteiger partial charge in [-0.1, -0.05) is 12.8 Å². The molecule has 4 heteroatoms. The fraction of sp³-hybridized carbons (Fsp3) is 0.778. The molecule has 0 spiro atoms. The van der Waals surface area contributed by atoms with Crippen LogP contribution < -0.4 is 5.32 Å². The van der Waals surface area contributed by atoms with Crippen molar-refractivity contribution >= 4 is 11.9 Å². The van der Waals surface area contributed by atoms with Crippen LogP contribution in [-0.4, -0.2) is 23.5 Å². The first-order chi connectivity index (χ1) is 6.11. The standard InChI is InChI=1S/C9H15NO3/c1-6(9(12)13)8(11)10-5-4-7-2-3-7/h6-7H,2-5H2,1H3,(H,10,11)(H,12,13). The average Bonchev–Trinajstić information content (AvgIpc) is 2.86. The number of nitrogens with one attached hydrogen (secondary N) is 1. The number of carbonyl (C=O) groups is 2. The van der Waals surface area contributed by atoms with Crippen LogP contribution in [-0.2, 0) is 9.59 Å². The highest BCUT2D eigenvalue weighted by molar-refractivity contribution is 5.96. The summed E-state index contributed by atoms with van der Waals surface area (Å²) in [6.07, 6.45) is 3.49. The maximum Gasteiger partial charge on any atom is 0.315 e. The van der Waals surface area contributed by atoms with Crippen molar-refractivity contribution in [1.29, 1.82) is 0 Å². The van der Waals surface area contributed by atoms with E-state index in [4.69, 9.17) is 5.11 Å². The molecule has 0 aromatic rings. The lowest BCUT2D eigenvalue weighted by Crippen LogP contribution is -2.34. The number of aliphatic carboxylic acids is 1. The Labute approximate surface area is 77.3 Å². The first-order valence-electron chi connectivity index (χ1n) is 4.61. The number of hydrogen-bond acceptors (Lipinski definition) is 2. The number of rotatable bonds is 5. The zero-order valence-corrected chi connectivity index (χ0v) is 7.75. The van der Waals surface area contributed by atoms with E-state index in [0.29, 0.717) is 6.54 Å². The number of amides is 1. The molecule has 1 unspecified atom stereocenters. The minimum atomic E-state index is -1.07. The van der Waals surface area contributed by atoms with E-state index in [1.165, 1.54) is 19.8 Å². The van der Waals surface area contributed by atoms with Gasteiger partial charge in [0.2, 0.25) is 5.91 Å². The van der Waals surface area contributed by atoms with Gasteiger partial charge in [0.25, 0.3) is 0 Å². The predicted octanol–water partition coefficient (Wildman–Crippen LogP) is 0.623. The summed E-state index contributed by atoms with van der Waals surface area (Å²) in [6.45, 7) is 2.01. The Kier molecular flexibility index (Phi) is 3.28. The molecule has 0 radical (unpaired) electrons. The highest BCUT2D eigenvalue weighted by atomic mass is 16.4. The average molecular weight is 185 g/mol. The first kappa shape index (κ1) is 10.0. The molecule has 1 aliphatic rings. The summed E-state index contributed by atoms with van der Waals surface area (Å²) in [5.74, 6) is -1.61. The van der Waals surface area contributed by atoms with E-state index in [2.05, 4.69) is 5.32 Å². The number of carboxylic acids is 1. The second-order valence-electron chi connectivity index (χ2n) is 3.58. The van der Waals surface area contributed by atoms with Crippen LogP contribution in [0.3, 0.4) is 0 Å². The second-order valence-corrected chi connectivity index (χ2v) is 3.58. The minimum Gasteiger partial charge on any atom is -0.481 e. The molecule has 0 aromatic heterocycles. The van der Waals surface area contributed by atoms with Gasteiger partial charge in [0, 0.05) is 6.54 Å². The van der Waals surface area contributed by atoms with E-state index in [9.17, 15) is 9.59 Å². The molecule has 1 saturated carbocycles. The molecule has 74 valence electrons. The number of carboxylic acid groups (broad SMARTS) is 1. The van der Waals surface area contributed by atoms with E-state index < -0.39 is 11.9 Å². The Morgan fingerprint density at radius 1 is 1.54 bits per heavy atom. The SMILES string of the molecule is CC(C(=O)O)C(=O)NCCC1CC1. The van der Waals surface area contributed by atoms with E-state index in [0.717, 1.165) is 12.3 Å². The highest BCUT2D eigenvalue weighted by Gasteiger charge is 2.23. The zero-order chi connectivity index (χ0) is 9.84. The second kappa shape index (κ2) is 4.25. The summed E-state index contributed by atoms with van der Waals surface area (Å²) >= 11 is 0. The van der Waals surface area contributed by atoms with Crippen LogP contribution >= 0.6 is 0 Å². The number of carbonyl (C=O) groups excluding carboxylic acids is 1. The molecule has 1 aliphatic carbocycles. The van der Waals surface area contributed by atoms with Crippen LogP contribution in [0.2, 0.25) is 0 Å². The molecule has 0 bridgehead atoms. The van der Waals surface area contributed by atoms with Crippen LogP contribution in [0.15, 0.2) is 0 Å². The summed E-state index contributed by atoms with van der Waals surface area (Å²) in [5.41, 5.74) is 0. The van der Waals surface area contributed by atoms with Gasteiger partial charge in [-0.05, 0) is 19.3 Å². The molecular formula is C9H15NO3. The monoisotopic (exact) mass is 185 g/mol. The van der Waals surface area contributed by atoms with Crippen LogP contribution in [0.5, 0.6) is 0 Å². The largest absolute Gasteiger partial charge is 0.481 e. The molecule has 1 atom stereocenters. The molecule has 0 saturated heterocycles. The number of hydrogen-bond donors (Lipinski definition) is 2. The van der Waals surface area contributed by atoms with Crippen molar-refractivity contribution in [2.24, 2.45) is 11.8 Å². The molecule has 2 N–H and O–H groups in total. The Bertz CT molecular complexity index is 211. The van der Waals surface area contributed by atoms with Gasteiger partial charge in [-0.25, -0.2) is 0 Å². The smallest absolute Gasteiger partial charge is 0.315 e. The Morgan fingerprint density at radius 3 is 2.62 bits per heavy atom. The third kappa shape index (κ3) is 3.44. The molecule has 0 heterocycles. The summed E-state index contributed by atoms with van der Waals surface area (Å²) in [4.78, 5) is 21.5. The summed E-state index contributed by atoms with van der Waals surface area (Å²) in [6, 6.07) is 0. The van der Waals surface area contributed by atoms with Crippen LogP contribution in [0.4, 0.5) is 0 Å². The van der Waals surface area contributed by atoms with Gasteiger partial charge in [-0.2, -0.15) is 0 Å². The normalized spacial score (nSPS) is 17.9. The molecule has 1 fully saturated rings. The molecule has 13 heavy (non-hydrogen) atoms. The van der Waals surface area contributed by atoms with Crippen molar-refractivity contribution < 1.29 is 14.7 Å². The van der Waals surface area contributed by atoms with E-state index in [-0.39, 0.29) is 5.91 Å². The predicted molar refractivity (Wildman–Crippen MR) is 47.2 cm³/mol. The van der Waals surface area contributed by atoms with Crippen molar-refractivity contribution in [2.75, 3.05) is 6.54 Å². The lowest BCUT2D eigenvalue weighted by Gasteiger charge is -2.07. The highest BCUT2D eigenvalue weighted by Crippen LogP contribution is 2.31. The Hall–Kier alpha value is -1.06. The van der Waals surface area contributed by atoms with Gasteiger partial charge < -0.3 is 10.4 Å². The third-order valence-electron chi connectivity index (χ3n) is 2.31. The summed E-state index contributed by atoms with van der Waals surface area (Å²) < 4.78 is 0. The van der Waals surface area contributed by atoms with Gasteiger partial charge in [0.15, 0.2) is 0 Å². The van der Waals surface area contributed by atoms with Crippen LogP contribution in [0, 0.1) is 11.8 Å². The van der Waals surface area contributed by atoms with E-state index >= 15 is 0 Å². The fourth-order valence-electron chi connectivity index (χ4n) is 1.07. The molecular weight excluding hydrogens is 170 g/mol. The quantitative estimate of drug-likeness (QED) is 0.617. The Morgan fingerprint density at radius 2 is 2.15 bits per heavy atom. The summed E-state index contributed by atoms with van der Waals surface area (Å²) in [7, 11) is 0. The third-order valence-corrected chi connectivity index (χ3v) is 2.31. The van der Waals surface area contributed by atoms with Crippen molar-refractivity contribution in [3.05, 3.63) is 0 Å². The summed E-state index contributed by atoms with van der Waals surface area (Å²) in [5, 5.41) is 11.1. The topological polar surface area (TPSA) is 66.4 Å². The fourth-order valence-corrected chi connectivity index (χ4v) is 1.07. The molecule has 1 rings (SSSR count). The van der Waals surface area contributed by atoms with Crippen molar-refractivity contribution in [1.82, 2.24) is 5.32 Å². The van der Waals surface area contributed by atoms with Gasteiger partial charge in [0.05, 0.1) is 0 Å². The molecule has 4 nitrogen and oxygen atoms in total. The maximum atomic E-state index is 11.1. The molecule has 1 amide bonds. The minimum absolute atomic E-state index is 0.381. The van der Waals surface area contributed by atoms with Gasteiger partial charge in [-0.3, -0.25) is 9.59 Å². The van der Waals surface area contributed by atoms with Crippen molar-refractivity contribution in [3.63, 3.8) is 0 Å². The Balaban J connectivity index is 2.11. The zero-order valence-electron chi connectivity index (χ0n) is 7.75. The van der Waals surface area contributed by atoms with Gasteiger partial charge in [-0.15, -0.1) is 0 Å². The van der Waals surface area contributed by atoms with E-state index in [1.807, 2.05) is 0 Å². The van der Waals surface area contributed by atoms with Crippen LogP contribution in [0.1, 0.15) is 26.2 Å².